The molecule has 1 N–H and O–H groups in total. The molecule has 0 aliphatic carbocycles. The maximum atomic E-state index is 11.6. The average Bonchev–Trinajstić information content (AvgIpc) is 2.46. The van der Waals surface area contributed by atoms with E-state index in [9.17, 15) is 4.79 Å². The van der Waals surface area contributed by atoms with E-state index in [-0.39, 0.29) is 5.91 Å². The zero-order valence-electron chi connectivity index (χ0n) is 12.7. The average molecular weight is 274 g/mol. The van der Waals surface area contributed by atoms with Crippen LogP contribution in [-0.4, -0.2) is 25.5 Å². The topological polar surface area (TPSA) is 32.3 Å². The van der Waals surface area contributed by atoms with Gasteiger partial charge in [0.1, 0.15) is 0 Å². The van der Waals surface area contributed by atoms with Crippen LogP contribution in [0.2, 0.25) is 0 Å². The molecule has 20 heavy (non-hydrogen) atoms. The van der Waals surface area contributed by atoms with Crippen LogP contribution >= 0.6 is 0 Å². The predicted octanol–water partition coefficient (Wildman–Crippen LogP) is 2.92. The number of nitrogens with zero attached hydrogens (tertiary/aromatic N) is 1. The number of carbonyl (C=O) groups excluding carboxylic acids is 1. The molecule has 0 atom stereocenters. The quantitative estimate of drug-likeness (QED) is 0.809. The molecule has 0 saturated carbocycles. The zero-order chi connectivity index (χ0) is 14.4. The van der Waals surface area contributed by atoms with Crippen molar-refractivity contribution >= 4 is 11.6 Å². The number of rotatable bonds is 6. The van der Waals surface area contributed by atoms with E-state index in [0.29, 0.717) is 0 Å². The fourth-order valence-electron chi connectivity index (χ4n) is 2.79. The van der Waals surface area contributed by atoms with Crippen LogP contribution in [0.15, 0.2) is 18.2 Å². The third-order valence-corrected chi connectivity index (χ3v) is 3.94. The van der Waals surface area contributed by atoms with Crippen molar-refractivity contribution < 1.29 is 4.79 Å². The van der Waals surface area contributed by atoms with Gasteiger partial charge in [-0.3, -0.25) is 4.79 Å². The second-order valence-electron chi connectivity index (χ2n) is 5.59. The summed E-state index contributed by atoms with van der Waals surface area (Å²) in [6, 6.07) is 6.57. The van der Waals surface area contributed by atoms with E-state index < -0.39 is 0 Å². The first-order valence-electron chi connectivity index (χ1n) is 7.83. The summed E-state index contributed by atoms with van der Waals surface area (Å²) in [5, 5.41) is 3.48. The second kappa shape index (κ2) is 7.44. The Balaban J connectivity index is 1.95. The molecule has 1 amide bonds. The lowest BCUT2D eigenvalue weighted by molar-refractivity contribution is -0.116. The monoisotopic (exact) mass is 274 g/mol. The summed E-state index contributed by atoms with van der Waals surface area (Å²) in [6.45, 7) is 6.88. The van der Waals surface area contributed by atoms with Crippen LogP contribution in [0.3, 0.4) is 0 Å². The Morgan fingerprint density at radius 2 is 2.20 bits per heavy atom. The summed E-state index contributed by atoms with van der Waals surface area (Å²) >= 11 is 0. The van der Waals surface area contributed by atoms with Crippen LogP contribution in [0.5, 0.6) is 0 Å². The lowest BCUT2D eigenvalue weighted by atomic mass is 9.98. The Labute approximate surface area is 122 Å². The number of amides is 1. The van der Waals surface area contributed by atoms with Crippen molar-refractivity contribution in [2.45, 2.75) is 46.0 Å². The van der Waals surface area contributed by atoms with Crippen molar-refractivity contribution in [2.24, 2.45) is 0 Å². The van der Waals surface area contributed by atoms with E-state index in [0.717, 1.165) is 44.6 Å². The largest absolute Gasteiger partial charge is 0.316 e. The van der Waals surface area contributed by atoms with Gasteiger partial charge >= 0.3 is 0 Å². The highest BCUT2D eigenvalue weighted by atomic mass is 16.2. The van der Waals surface area contributed by atoms with Crippen LogP contribution in [0.1, 0.15) is 44.2 Å². The Bertz CT molecular complexity index is 456. The summed E-state index contributed by atoms with van der Waals surface area (Å²) in [7, 11) is 0. The van der Waals surface area contributed by atoms with Gasteiger partial charge in [0.15, 0.2) is 0 Å². The lowest BCUT2D eigenvalue weighted by Gasteiger charge is -2.29. The third kappa shape index (κ3) is 3.83. The van der Waals surface area contributed by atoms with E-state index in [1.165, 1.54) is 24.0 Å². The molecule has 0 spiro atoms. The van der Waals surface area contributed by atoms with Gasteiger partial charge in [-0.15, -0.1) is 0 Å². The van der Waals surface area contributed by atoms with Gasteiger partial charge in [-0.05, 0) is 56.0 Å². The van der Waals surface area contributed by atoms with Crippen molar-refractivity contribution in [1.82, 2.24) is 5.32 Å². The molecule has 0 radical (unpaired) electrons. The van der Waals surface area contributed by atoms with Crippen molar-refractivity contribution in [2.75, 3.05) is 24.5 Å². The number of nitrogens with one attached hydrogen (secondary N) is 1. The molecule has 1 aliphatic heterocycles. The van der Waals surface area contributed by atoms with Crippen molar-refractivity contribution in [3.63, 3.8) is 0 Å². The Kier molecular flexibility index (Phi) is 5.60. The van der Waals surface area contributed by atoms with Crippen LogP contribution in [0, 0.1) is 0 Å². The minimum absolute atomic E-state index is 0.153. The first kappa shape index (κ1) is 15.0. The number of aryl methyl sites for hydroxylation is 1. The highest BCUT2D eigenvalue weighted by Gasteiger charge is 2.19. The highest BCUT2D eigenvalue weighted by Crippen LogP contribution is 2.28. The minimum Gasteiger partial charge on any atom is -0.316 e. The fraction of sp³-hybridized carbons (Fsp3) is 0.588. The number of benzene rings is 1. The molecule has 1 aliphatic rings. The summed E-state index contributed by atoms with van der Waals surface area (Å²) < 4.78 is 0. The minimum atomic E-state index is 0.153. The van der Waals surface area contributed by atoms with Crippen LogP contribution in [0.25, 0.3) is 0 Å². The van der Waals surface area contributed by atoms with E-state index >= 15 is 0 Å². The number of hydrogen-bond acceptors (Lipinski definition) is 2. The molecule has 3 heteroatoms. The molecule has 0 saturated heterocycles. The van der Waals surface area contributed by atoms with E-state index in [1.54, 1.807) is 6.92 Å². The predicted molar refractivity (Wildman–Crippen MR) is 84.3 cm³/mol. The first-order chi connectivity index (χ1) is 9.72. The normalized spacial score (nSPS) is 14.2. The molecule has 0 unspecified atom stereocenters. The molecule has 0 fully saturated rings. The van der Waals surface area contributed by atoms with Crippen molar-refractivity contribution in [1.29, 1.82) is 0 Å². The molecule has 1 aromatic rings. The van der Waals surface area contributed by atoms with Gasteiger partial charge in [0.25, 0.3) is 0 Å². The molecule has 110 valence electrons. The van der Waals surface area contributed by atoms with Gasteiger partial charge in [-0.25, -0.2) is 0 Å². The van der Waals surface area contributed by atoms with Gasteiger partial charge in [0.05, 0.1) is 0 Å². The number of hydrogen-bond donors (Lipinski definition) is 1. The van der Waals surface area contributed by atoms with Gasteiger partial charge in [0.2, 0.25) is 5.91 Å². The maximum Gasteiger partial charge on any atom is 0.223 e. The number of carbonyl (C=O) groups is 1. The molecule has 2 rings (SSSR count). The summed E-state index contributed by atoms with van der Waals surface area (Å²) in [4.78, 5) is 13.5. The van der Waals surface area contributed by atoms with Crippen LogP contribution in [-0.2, 0) is 17.6 Å². The van der Waals surface area contributed by atoms with Crippen molar-refractivity contribution in [3.05, 3.63) is 29.3 Å². The van der Waals surface area contributed by atoms with Gasteiger partial charge in [0, 0.05) is 19.2 Å². The fourth-order valence-corrected chi connectivity index (χ4v) is 2.79. The number of anilines is 1. The summed E-state index contributed by atoms with van der Waals surface area (Å²) in [6.07, 6.45) is 5.72. The number of fused-ring (bicyclic) bond motifs is 1. The van der Waals surface area contributed by atoms with Crippen LogP contribution in [0.4, 0.5) is 5.69 Å². The Morgan fingerprint density at radius 3 is 2.95 bits per heavy atom. The van der Waals surface area contributed by atoms with E-state index in [1.807, 2.05) is 4.90 Å². The molecule has 0 aromatic heterocycles. The summed E-state index contributed by atoms with van der Waals surface area (Å²) in [5.41, 5.74) is 3.82. The van der Waals surface area contributed by atoms with Crippen molar-refractivity contribution in [3.8, 4) is 0 Å². The molecular weight excluding hydrogens is 248 g/mol. The lowest BCUT2D eigenvalue weighted by Crippen LogP contribution is -2.33. The van der Waals surface area contributed by atoms with E-state index in [2.05, 4.69) is 30.4 Å². The Morgan fingerprint density at radius 1 is 1.35 bits per heavy atom. The smallest absolute Gasteiger partial charge is 0.223 e. The van der Waals surface area contributed by atoms with Gasteiger partial charge in [-0.1, -0.05) is 25.5 Å². The second-order valence-corrected chi connectivity index (χ2v) is 5.59. The van der Waals surface area contributed by atoms with E-state index in [4.69, 9.17) is 0 Å². The standard InChI is InChI=1S/C17H26N2O/c1-3-4-10-18-11-9-15-7-8-17-16(13-15)6-5-12-19(17)14(2)20/h7-8,13,18H,3-6,9-12H2,1-2H3. The Hall–Kier alpha value is -1.35. The van der Waals surface area contributed by atoms with Crippen LogP contribution < -0.4 is 10.2 Å². The highest BCUT2D eigenvalue weighted by molar-refractivity contribution is 5.92. The first-order valence-corrected chi connectivity index (χ1v) is 7.83. The van der Waals surface area contributed by atoms with Gasteiger partial charge in [-0.2, -0.15) is 0 Å². The van der Waals surface area contributed by atoms with Gasteiger partial charge < -0.3 is 10.2 Å². The molecule has 3 nitrogen and oxygen atoms in total. The SMILES string of the molecule is CCCCNCCc1ccc2c(c1)CCCN2C(C)=O. The molecule has 1 aromatic carbocycles. The number of unbranched alkanes of at least 4 members (excludes halogenated alkanes) is 1. The summed E-state index contributed by atoms with van der Waals surface area (Å²) in [5.74, 6) is 0.153. The molecule has 1 heterocycles. The molecule has 0 bridgehead atoms. The zero-order valence-corrected chi connectivity index (χ0v) is 12.7. The maximum absolute atomic E-state index is 11.6. The molecular formula is C17H26N2O. The third-order valence-electron chi connectivity index (χ3n) is 3.94.